The number of nitrogen functional groups attached to an aromatic ring is 1. The first-order valence-corrected chi connectivity index (χ1v) is 4.25. The fourth-order valence-corrected chi connectivity index (χ4v) is 1.43. The van der Waals surface area contributed by atoms with Crippen LogP contribution in [0.5, 0.6) is 0 Å². The van der Waals surface area contributed by atoms with E-state index in [9.17, 15) is 4.79 Å². The second kappa shape index (κ2) is 3.61. The Kier molecular flexibility index (Phi) is 2.74. The summed E-state index contributed by atoms with van der Waals surface area (Å²) in [6.07, 6.45) is 0. The number of carbonyl (C=O) groups is 1. The van der Waals surface area contributed by atoms with Gasteiger partial charge in [-0.25, -0.2) is 10.8 Å². The average molecular weight is 186 g/mol. The van der Waals surface area contributed by atoms with E-state index in [2.05, 4.69) is 4.98 Å². The van der Waals surface area contributed by atoms with Crippen LogP contribution in [0.1, 0.15) is 28.5 Å². The summed E-state index contributed by atoms with van der Waals surface area (Å²) < 4.78 is 0. The summed E-state index contributed by atoms with van der Waals surface area (Å²) in [6, 6.07) is -0.144. The number of hydrogen-bond donors (Lipinski definition) is 3. The van der Waals surface area contributed by atoms with Gasteiger partial charge < -0.3 is 5.73 Å². The third kappa shape index (κ3) is 1.79. The van der Waals surface area contributed by atoms with Gasteiger partial charge in [0, 0.05) is 5.38 Å². The Morgan fingerprint density at radius 3 is 2.92 bits per heavy atom. The lowest BCUT2D eigenvalue weighted by Crippen LogP contribution is -2.30. The number of carbonyl (C=O) groups excluding carboxylic acids is 1. The van der Waals surface area contributed by atoms with E-state index in [0.717, 1.165) is 5.01 Å². The lowest BCUT2D eigenvalue weighted by molar-refractivity contribution is 0.0949. The van der Waals surface area contributed by atoms with Crippen LogP contribution >= 0.6 is 11.3 Å². The molecule has 0 fully saturated rings. The van der Waals surface area contributed by atoms with Crippen LogP contribution in [-0.4, -0.2) is 10.9 Å². The molecule has 66 valence electrons. The van der Waals surface area contributed by atoms with Crippen molar-refractivity contribution in [2.75, 3.05) is 0 Å². The summed E-state index contributed by atoms with van der Waals surface area (Å²) in [4.78, 5) is 14.9. The molecular weight excluding hydrogens is 176 g/mol. The molecule has 0 aliphatic carbocycles. The van der Waals surface area contributed by atoms with Crippen LogP contribution in [0, 0.1) is 0 Å². The summed E-state index contributed by atoms with van der Waals surface area (Å²) in [5, 5.41) is 2.36. The van der Waals surface area contributed by atoms with Gasteiger partial charge in [0.25, 0.3) is 5.91 Å². The van der Waals surface area contributed by atoms with Crippen molar-refractivity contribution in [3.8, 4) is 0 Å². The minimum Gasteiger partial charge on any atom is -0.322 e. The maximum atomic E-state index is 10.9. The highest BCUT2D eigenvalue weighted by atomic mass is 32.1. The van der Waals surface area contributed by atoms with E-state index in [1.807, 2.05) is 12.3 Å². The highest BCUT2D eigenvalue weighted by Crippen LogP contribution is 2.15. The molecule has 1 rings (SSSR count). The van der Waals surface area contributed by atoms with Gasteiger partial charge in [-0.1, -0.05) is 0 Å². The van der Waals surface area contributed by atoms with Gasteiger partial charge in [-0.05, 0) is 6.92 Å². The predicted octanol–water partition coefficient (Wildman–Crippen LogP) is -0.234. The highest BCUT2D eigenvalue weighted by molar-refractivity contribution is 7.09. The van der Waals surface area contributed by atoms with Crippen LogP contribution in [0.3, 0.4) is 0 Å². The Balaban J connectivity index is 2.84. The summed E-state index contributed by atoms with van der Waals surface area (Å²) in [7, 11) is 0. The molecule has 0 aromatic carbocycles. The zero-order chi connectivity index (χ0) is 9.14. The number of nitrogens with one attached hydrogen (secondary N) is 1. The number of aromatic nitrogens is 1. The van der Waals surface area contributed by atoms with Crippen molar-refractivity contribution in [3.63, 3.8) is 0 Å². The molecule has 1 aromatic rings. The molecule has 5 N–H and O–H groups in total. The number of hydrazine groups is 1. The van der Waals surface area contributed by atoms with Crippen LogP contribution in [0.15, 0.2) is 5.38 Å². The van der Waals surface area contributed by atoms with E-state index in [0.29, 0.717) is 5.69 Å². The first kappa shape index (κ1) is 9.11. The number of thiazole rings is 1. The monoisotopic (exact) mass is 186 g/mol. The van der Waals surface area contributed by atoms with Gasteiger partial charge in [0.05, 0.1) is 6.04 Å². The maximum Gasteiger partial charge on any atom is 0.284 e. The molecule has 1 amide bonds. The molecule has 12 heavy (non-hydrogen) atoms. The molecule has 1 atom stereocenters. The number of hydrogen-bond acceptors (Lipinski definition) is 5. The number of rotatable bonds is 2. The first-order valence-electron chi connectivity index (χ1n) is 3.37. The Labute approximate surface area is 73.7 Å². The summed E-state index contributed by atoms with van der Waals surface area (Å²) in [5.74, 6) is 4.53. The van der Waals surface area contributed by atoms with Crippen molar-refractivity contribution in [1.29, 1.82) is 0 Å². The lowest BCUT2D eigenvalue weighted by atomic mass is 10.4. The standard InChI is InChI=1S/C6H10N4OS/c1-3(7)6-9-4(2-12-6)5(11)10-8/h2-3H,7-8H2,1H3,(H,10,11)/t3-/m0/s1. The minimum absolute atomic E-state index is 0.144. The molecule has 1 heterocycles. The van der Waals surface area contributed by atoms with Crippen molar-refractivity contribution < 1.29 is 4.79 Å². The number of nitrogens with zero attached hydrogens (tertiary/aromatic N) is 1. The molecule has 1 aromatic heterocycles. The Hall–Kier alpha value is -0.980. The zero-order valence-corrected chi connectivity index (χ0v) is 7.39. The molecule has 5 nitrogen and oxygen atoms in total. The number of amides is 1. The van der Waals surface area contributed by atoms with Crippen molar-refractivity contribution in [2.45, 2.75) is 13.0 Å². The van der Waals surface area contributed by atoms with Crippen LogP contribution in [0.4, 0.5) is 0 Å². The van der Waals surface area contributed by atoms with Crippen molar-refractivity contribution in [3.05, 3.63) is 16.1 Å². The zero-order valence-electron chi connectivity index (χ0n) is 6.57. The van der Waals surface area contributed by atoms with Gasteiger partial charge in [-0.15, -0.1) is 11.3 Å². The Morgan fingerprint density at radius 2 is 2.50 bits per heavy atom. The van der Waals surface area contributed by atoms with E-state index < -0.39 is 5.91 Å². The Morgan fingerprint density at radius 1 is 1.83 bits per heavy atom. The predicted molar refractivity (Wildman–Crippen MR) is 46.4 cm³/mol. The minimum atomic E-state index is -0.391. The van der Waals surface area contributed by atoms with E-state index >= 15 is 0 Å². The first-order chi connectivity index (χ1) is 5.65. The summed E-state index contributed by atoms with van der Waals surface area (Å²) in [5.41, 5.74) is 7.87. The molecule has 6 heteroatoms. The molecule has 0 spiro atoms. The van der Waals surface area contributed by atoms with Crippen LogP contribution in [0.25, 0.3) is 0 Å². The quantitative estimate of drug-likeness (QED) is 0.338. The third-order valence-corrected chi connectivity index (χ3v) is 2.32. The van der Waals surface area contributed by atoms with Crippen LogP contribution in [-0.2, 0) is 0 Å². The fourth-order valence-electron chi connectivity index (χ4n) is 0.675. The van der Waals surface area contributed by atoms with Gasteiger partial charge in [0.2, 0.25) is 0 Å². The topological polar surface area (TPSA) is 94.0 Å². The molecule has 0 aliphatic heterocycles. The van der Waals surface area contributed by atoms with Gasteiger partial charge >= 0.3 is 0 Å². The Bertz CT molecular complexity index is 283. The van der Waals surface area contributed by atoms with Gasteiger partial charge in [0.15, 0.2) is 0 Å². The molecule has 0 aliphatic rings. The van der Waals surface area contributed by atoms with Gasteiger partial charge in [-0.3, -0.25) is 10.2 Å². The highest BCUT2D eigenvalue weighted by Gasteiger charge is 2.10. The molecule has 0 unspecified atom stereocenters. The van der Waals surface area contributed by atoms with E-state index in [1.54, 1.807) is 5.38 Å². The number of nitrogens with two attached hydrogens (primary N) is 2. The third-order valence-electron chi connectivity index (χ3n) is 1.28. The second-order valence-electron chi connectivity index (χ2n) is 2.33. The molecule has 0 saturated heterocycles. The lowest BCUT2D eigenvalue weighted by Gasteiger charge is -1.96. The summed E-state index contributed by atoms with van der Waals surface area (Å²) in [6.45, 7) is 1.81. The van der Waals surface area contributed by atoms with Gasteiger partial charge in [-0.2, -0.15) is 0 Å². The normalized spacial score (nSPS) is 12.6. The molecular formula is C6H10N4OS. The van der Waals surface area contributed by atoms with Crippen molar-refractivity contribution >= 4 is 17.2 Å². The van der Waals surface area contributed by atoms with Crippen molar-refractivity contribution in [2.24, 2.45) is 11.6 Å². The molecule has 0 saturated carbocycles. The van der Waals surface area contributed by atoms with E-state index in [1.165, 1.54) is 11.3 Å². The smallest absolute Gasteiger partial charge is 0.284 e. The van der Waals surface area contributed by atoms with Crippen molar-refractivity contribution in [1.82, 2.24) is 10.4 Å². The SMILES string of the molecule is C[C@H](N)c1nc(C(=O)NN)cs1. The molecule has 0 bridgehead atoms. The maximum absolute atomic E-state index is 10.9. The van der Waals surface area contributed by atoms with Gasteiger partial charge in [0.1, 0.15) is 10.7 Å². The van der Waals surface area contributed by atoms with Crippen LogP contribution in [0.2, 0.25) is 0 Å². The average Bonchev–Trinajstić information content (AvgIpc) is 2.51. The largest absolute Gasteiger partial charge is 0.322 e. The van der Waals surface area contributed by atoms with E-state index in [-0.39, 0.29) is 6.04 Å². The van der Waals surface area contributed by atoms with Crippen LogP contribution < -0.4 is 17.0 Å². The fraction of sp³-hybridized carbons (Fsp3) is 0.333. The second-order valence-corrected chi connectivity index (χ2v) is 3.22. The summed E-state index contributed by atoms with van der Waals surface area (Å²) >= 11 is 1.35. The van der Waals surface area contributed by atoms with E-state index in [4.69, 9.17) is 11.6 Å². The molecule has 0 radical (unpaired) electrons.